The van der Waals surface area contributed by atoms with E-state index in [0.29, 0.717) is 17.0 Å². The van der Waals surface area contributed by atoms with Crippen molar-refractivity contribution >= 4 is 5.69 Å². The summed E-state index contributed by atoms with van der Waals surface area (Å²) in [5.41, 5.74) is 3.68. The molecule has 1 aromatic rings. The van der Waals surface area contributed by atoms with Gasteiger partial charge in [0.05, 0.1) is 0 Å². The van der Waals surface area contributed by atoms with Crippen LogP contribution < -0.4 is 4.90 Å². The van der Waals surface area contributed by atoms with Crippen LogP contribution in [-0.4, -0.2) is 18.1 Å². The molecule has 2 heterocycles. The van der Waals surface area contributed by atoms with E-state index < -0.39 is 0 Å². The van der Waals surface area contributed by atoms with Crippen molar-refractivity contribution in [3.63, 3.8) is 0 Å². The zero-order chi connectivity index (χ0) is 11.8. The SMILES string of the molecule is CN1C=CN2c3ccccc3C3(C)CC3(C)C12. The minimum atomic E-state index is 0.366. The first-order valence-electron chi connectivity index (χ1n) is 6.36. The predicted molar refractivity (Wildman–Crippen MR) is 69.7 cm³/mol. The highest BCUT2D eigenvalue weighted by molar-refractivity contribution is 5.67. The summed E-state index contributed by atoms with van der Waals surface area (Å²) >= 11 is 0. The predicted octanol–water partition coefficient (Wildman–Crippen LogP) is 2.92. The molecule has 3 unspecified atom stereocenters. The number of rotatable bonds is 0. The Kier molecular flexibility index (Phi) is 1.42. The Bertz CT molecular complexity index is 535. The van der Waals surface area contributed by atoms with E-state index in [9.17, 15) is 0 Å². The second-order valence-electron chi connectivity index (χ2n) is 6.19. The van der Waals surface area contributed by atoms with Gasteiger partial charge in [-0.25, -0.2) is 0 Å². The molecule has 1 saturated carbocycles. The van der Waals surface area contributed by atoms with Crippen LogP contribution in [-0.2, 0) is 5.41 Å². The minimum Gasteiger partial charge on any atom is -0.358 e. The number of hydrogen-bond donors (Lipinski definition) is 0. The van der Waals surface area contributed by atoms with Crippen LogP contribution in [0.2, 0.25) is 0 Å². The van der Waals surface area contributed by atoms with Gasteiger partial charge in [-0.15, -0.1) is 0 Å². The molecule has 4 rings (SSSR count). The lowest BCUT2D eigenvalue weighted by Gasteiger charge is -2.43. The average Bonchev–Trinajstić information content (AvgIpc) is 2.68. The second kappa shape index (κ2) is 2.53. The van der Waals surface area contributed by atoms with Gasteiger partial charge in [-0.3, -0.25) is 0 Å². The first-order chi connectivity index (χ1) is 8.08. The van der Waals surface area contributed by atoms with E-state index in [2.05, 4.69) is 67.4 Å². The maximum atomic E-state index is 2.45. The van der Waals surface area contributed by atoms with Crippen molar-refractivity contribution in [2.75, 3.05) is 11.9 Å². The number of benzene rings is 1. The summed E-state index contributed by atoms with van der Waals surface area (Å²) in [6, 6.07) is 8.89. The highest BCUT2D eigenvalue weighted by atomic mass is 15.4. The molecule has 2 nitrogen and oxygen atoms in total. The van der Waals surface area contributed by atoms with Gasteiger partial charge in [-0.2, -0.15) is 0 Å². The van der Waals surface area contributed by atoms with Crippen molar-refractivity contribution in [2.45, 2.75) is 31.8 Å². The quantitative estimate of drug-likeness (QED) is 0.671. The molecule has 3 atom stereocenters. The third-order valence-corrected chi connectivity index (χ3v) is 5.31. The topological polar surface area (TPSA) is 6.48 Å². The summed E-state index contributed by atoms with van der Waals surface area (Å²) in [7, 11) is 2.19. The number of hydrogen-bond acceptors (Lipinski definition) is 2. The van der Waals surface area contributed by atoms with Gasteiger partial charge in [0.25, 0.3) is 0 Å². The van der Waals surface area contributed by atoms with Crippen LogP contribution in [0.4, 0.5) is 5.69 Å². The molecule has 17 heavy (non-hydrogen) atoms. The molecule has 0 aromatic heterocycles. The van der Waals surface area contributed by atoms with Crippen LogP contribution in [0.5, 0.6) is 0 Å². The maximum absolute atomic E-state index is 2.45. The molecule has 0 amide bonds. The third-order valence-electron chi connectivity index (χ3n) is 5.31. The minimum absolute atomic E-state index is 0.366. The Balaban J connectivity index is 1.98. The Morgan fingerprint density at radius 1 is 1.18 bits per heavy atom. The van der Waals surface area contributed by atoms with Crippen molar-refractivity contribution < 1.29 is 0 Å². The number of fused-ring (bicyclic) bond motifs is 6. The molecular formula is C15H18N2. The van der Waals surface area contributed by atoms with Crippen LogP contribution in [0.3, 0.4) is 0 Å². The van der Waals surface area contributed by atoms with Crippen LogP contribution in [0, 0.1) is 5.41 Å². The van der Waals surface area contributed by atoms with Gasteiger partial charge in [0.1, 0.15) is 6.17 Å². The average molecular weight is 226 g/mol. The van der Waals surface area contributed by atoms with E-state index in [-0.39, 0.29) is 0 Å². The van der Waals surface area contributed by atoms with Crippen LogP contribution in [0.25, 0.3) is 0 Å². The van der Waals surface area contributed by atoms with Gasteiger partial charge < -0.3 is 9.80 Å². The monoisotopic (exact) mass is 226 g/mol. The van der Waals surface area contributed by atoms with Gasteiger partial charge in [0.2, 0.25) is 0 Å². The zero-order valence-corrected chi connectivity index (χ0v) is 10.6. The molecule has 0 bridgehead atoms. The van der Waals surface area contributed by atoms with Crippen molar-refractivity contribution in [1.82, 2.24) is 4.90 Å². The molecule has 2 aliphatic heterocycles. The van der Waals surface area contributed by atoms with Crippen LogP contribution in [0.1, 0.15) is 25.8 Å². The number of para-hydroxylation sites is 1. The van der Waals surface area contributed by atoms with Gasteiger partial charge >= 0.3 is 0 Å². The first-order valence-corrected chi connectivity index (χ1v) is 6.36. The fourth-order valence-corrected chi connectivity index (χ4v) is 4.14. The Labute approximate surface area is 103 Å². The standard InChI is InChI=1S/C15H18N2/c1-14-10-15(14,2)13-16(3)8-9-17(13)12-7-5-4-6-11(12)14/h4-9,13H,10H2,1-3H3. The van der Waals surface area contributed by atoms with E-state index in [1.54, 1.807) is 0 Å². The van der Waals surface area contributed by atoms with Crippen LogP contribution in [0.15, 0.2) is 36.7 Å². The van der Waals surface area contributed by atoms with Crippen LogP contribution >= 0.6 is 0 Å². The molecule has 1 aromatic carbocycles. The Hall–Kier alpha value is -1.44. The molecule has 0 saturated heterocycles. The highest BCUT2D eigenvalue weighted by Gasteiger charge is 2.71. The van der Waals surface area contributed by atoms with E-state index >= 15 is 0 Å². The summed E-state index contributed by atoms with van der Waals surface area (Å²) in [4.78, 5) is 4.81. The molecule has 0 N–H and O–H groups in total. The normalized spacial score (nSPS) is 41.0. The molecule has 1 fully saturated rings. The summed E-state index contributed by atoms with van der Waals surface area (Å²) in [5.74, 6) is 0. The molecule has 2 heteroatoms. The van der Waals surface area contributed by atoms with Gasteiger partial charge in [-0.1, -0.05) is 32.0 Å². The molecular weight excluding hydrogens is 208 g/mol. The largest absolute Gasteiger partial charge is 0.358 e. The first kappa shape index (κ1) is 9.58. The van der Waals surface area contributed by atoms with E-state index in [1.165, 1.54) is 17.7 Å². The third kappa shape index (κ3) is 0.864. The molecule has 88 valence electrons. The molecule has 0 radical (unpaired) electrons. The lowest BCUT2D eigenvalue weighted by Crippen LogP contribution is -2.49. The van der Waals surface area contributed by atoms with Gasteiger partial charge in [-0.05, 0) is 18.1 Å². The van der Waals surface area contributed by atoms with Gasteiger partial charge in [0, 0.05) is 36.0 Å². The fraction of sp³-hybridized carbons (Fsp3) is 0.467. The lowest BCUT2D eigenvalue weighted by atomic mass is 9.81. The highest BCUT2D eigenvalue weighted by Crippen LogP contribution is 2.72. The zero-order valence-electron chi connectivity index (χ0n) is 10.6. The fourth-order valence-electron chi connectivity index (χ4n) is 4.14. The van der Waals surface area contributed by atoms with Crippen molar-refractivity contribution in [3.05, 3.63) is 42.2 Å². The Morgan fingerprint density at radius 2 is 1.94 bits per heavy atom. The molecule has 1 aliphatic carbocycles. The van der Waals surface area contributed by atoms with E-state index in [4.69, 9.17) is 0 Å². The number of nitrogens with zero attached hydrogens (tertiary/aromatic N) is 2. The maximum Gasteiger partial charge on any atom is 0.111 e. The van der Waals surface area contributed by atoms with Gasteiger partial charge in [0.15, 0.2) is 0 Å². The van der Waals surface area contributed by atoms with E-state index in [1.807, 2.05) is 0 Å². The molecule has 0 spiro atoms. The summed E-state index contributed by atoms with van der Waals surface area (Å²) in [5, 5.41) is 0. The lowest BCUT2D eigenvalue weighted by molar-refractivity contribution is 0.220. The smallest absolute Gasteiger partial charge is 0.111 e. The molecule has 3 aliphatic rings. The van der Waals surface area contributed by atoms with Crippen molar-refractivity contribution in [2.24, 2.45) is 5.41 Å². The second-order valence-corrected chi connectivity index (χ2v) is 6.19. The Morgan fingerprint density at radius 3 is 2.76 bits per heavy atom. The summed E-state index contributed by atoms with van der Waals surface area (Å²) in [6.07, 6.45) is 6.23. The van der Waals surface area contributed by atoms with Crippen molar-refractivity contribution in [3.8, 4) is 0 Å². The van der Waals surface area contributed by atoms with E-state index in [0.717, 1.165) is 0 Å². The summed E-state index contributed by atoms with van der Waals surface area (Å²) in [6.45, 7) is 4.86. The number of anilines is 1. The van der Waals surface area contributed by atoms with Crippen molar-refractivity contribution in [1.29, 1.82) is 0 Å². The summed E-state index contributed by atoms with van der Waals surface area (Å²) < 4.78 is 0.